The molecule has 0 radical (unpaired) electrons. The van der Waals surface area contributed by atoms with Gasteiger partial charge in [-0.2, -0.15) is 5.10 Å². The number of carbonyl (C=O) groups excluding carboxylic acids is 1. The fraction of sp³-hybridized carbons (Fsp3) is 0.333. The molecule has 0 bridgehead atoms. The highest BCUT2D eigenvalue weighted by Crippen LogP contribution is 2.36. The SMILES string of the molecule is Cc1nn(C)c2c1CCN(C(=O)c1cc(O)c(O)c(O)c1)C2. The Morgan fingerprint density at radius 1 is 1.23 bits per heavy atom. The number of fused-ring (bicyclic) bond motifs is 1. The number of aromatic hydroxyl groups is 3. The molecule has 1 aliphatic rings. The highest BCUT2D eigenvalue weighted by Gasteiger charge is 2.26. The van der Waals surface area contributed by atoms with Crippen molar-refractivity contribution in [2.75, 3.05) is 6.54 Å². The molecule has 7 heteroatoms. The molecule has 1 aliphatic heterocycles. The first kappa shape index (κ1) is 14.2. The van der Waals surface area contributed by atoms with Crippen LogP contribution in [0.4, 0.5) is 0 Å². The summed E-state index contributed by atoms with van der Waals surface area (Å²) in [5, 5.41) is 32.8. The molecule has 1 amide bonds. The van der Waals surface area contributed by atoms with Crippen LogP contribution in [0.5, 0.6) is 17.2 Å². The highest BCUT2D eigenvalue weighted by molar-refractivity contribution is 5.95. The molecule has 0 fully saturated rings. The van der Waals surface area contributed by atoms with Gasteiger partial charge in [0.1, 0.15) is 0 Å². The molecule has 0 atom stereocenters. The van der Waals surface area contributed by atoms with Gasteiger partial charge < -0.3 is 20.2 Å². The van der Waals surface area contributed by atoms with Gasteiger partial charge in [-0.15, -0.1) is 0 Å². The topological polar surface area (TPSA) is 98.8 Å². The molecular weight excluding hydrogens is 286 g/mol. The van der Waals surface area contributed by atoms with Gasteiger partial charge in [-0.3, -0.25) is 9.48 Å². The summed E-state index contributed by atoms with van der Waals surface area (Å²) in [6.07, 6.45) is 0.719. The van der Waals surface area contributed by atoms with Crippen molar-refractivity contribution in [2.45, 2.75) is 19.9 Å². The van der Waals surface area contributed by atoms with Gasteiger partial charge in [0.15, 0.2) is 17.2 Å². The Kier molecular flexibility index (Phi) is 3.20. The van der Waals surface area contributed by atoms with Crippen LogP contribution in [-0.4, -0.2) is 42.5 Å². The lowest BCUT2D eigenvalue weighted by molar-refractivity contribution is 0.0729. The number of rotatable bonds is 1. The van der Waals surface area contributed by atoms with Crippen LogP contribution in [0, 0.1) is 6.92 Å². The predicted molar refractivity (Wildman–Crippen MR) is 77.8 cm³/mol. The van der Waals surface area contributed by atoms with Gasteiger partial charge >= 0.3 is 0 Å². The number of carbonyl (C=O) groups is 1. The summed E-state index contributed by atoms with van der Waals surface area (Å²) in [5.74, 6) is -1.97. The summed E-state index contributed by atoms with van der Waals surface area (Å²) in [5.41, 5.74) is 3.27. The standard InChI is InChI=1S/C15H17N3O4/c1-8-10-3-4-18(7-11(10)17(2)16-8)15(22)9-5-12(19)14(21)13(20)6-9/h5-6,19-21H,3-4,7H2,1-2H3. The van der Waals surface area contributed by atoms with E-state index in [1.54, 1.807) is 9.58 Å². The van der Waals surface area contributed by atoms with Gasteiger partial charge in [0.25, 0.3) is 5.91 Å². The second-order valence-corrected chi connectivity index (χ2v) is 5.47. The van der Waals surface area contributed by atoms with Crippen molar-refractivity contribution in [3.8, 4) is 17.2 Å². The van der Waals surface area contributed by atoms with Crippen LogP contribution in [-0.2, 0) is 20.0 Å². The van der Waals surface area contributed by atoms with E-state index in [1.807, 2.05) is 14.0 Å². The molecule has 0 saturated carbocycles. The first-order valence-corrected chi connectivity index (χ1v) is 6.94. The monoisotopic (exact) mass is 303 g/mol. The zero-order chi connectivity index (χ0) is 16.0. The lowest BCUT2D eigenvalue weighted by Crippen LogP contribution is -2.36. The first-order chi connectivity index (χ1) is 10.4. The Bertz CT molecular complexity index is 743. The minimum absolute atomic E-state index is 0.134. The van der Waals surface area contributed by atoms with E-state index in [2.05, 4.69) is 5.10 Å². The number of nitrogens with zero attached hydrogens (tertiary/aromatic N) is 3. The van der Waals surface area contributed by atoms with Crippen LogP contribution in [0.2, 0.25) is 0 Å². The molecule has 3 rings (SSSR count). The number of aromatic nitrogens is 2. The molecule has 116 valence electrons. The van der Waals surface area contributed by atoms with Gasteiger partial charge in [0.2, 0.25) is 0 Å². The normalized spacial score (nSPS) is 14.0. The van der Waals surface area contributed by atoms with Crippen LogP contribution >= 0.6 is 0 Å². The smallest absolute Gasteiger partial charge is 0.254 e. The molecule has 22 heavy (non-hydrogen) atoms. The van der Waals surface area contributed by atoms with Gasteiger partial charge in [0, 0.05) is 19.2 Å². The van der Waals surface area contributed by atoms with Gasteiger partial charge in [-0.05, 0) is 31.0 Å². The fourth-order valence-corrected chi connectivity index (χ4v) is 2.86. The molecule has 2 heterocycles. The van der Waals surface area contributed by atoms with Crippen molar-refractivity contribution in [1.29, 1.82) is 0 Å². The van der Waals surface area contributed by atoms with E-state index in [4.69, 9.17) is 0 Å². The number of benzene rings is 1. The Balaban J connectivity index is 1.90. The maximum absolute atomic E-state index is 12.5. The van der Waals surface area contributed by atoms with E-state index in [1.165, 1.54) is 5.56 Å². The number of amides is 1. The van der Waals surface area contributed by atoms with Gasteiger partial charge in [0.05, 0.1) is 17.9 Å². The van der Waals surface area contributed by atoms with Crippen LogP contribution < -0.4 is 0 Å². The zero-order valence-corrected chi connectivity index (χ0v) is 12.4. The molecule has 0 unspecified atom stereocenters. The Labute approximate surface area is 127 Å². The fourth-order valence-electron chi connectivity index (χ4n) is 2.86. The Morgan fingerprint density at radius 2 is 1.86 bits per heavy atom. The van der Waals surface area contributed by atoms with Crippen LogP contribution in [0.1, 0.15) is 27.3 Å². The van der Waals surface area contributed by atoms with E-state index in [0.29, 0.717) is 13.1 Å². The largest absolute Gasteiger partial charge is 0.504 e. The number of hydrogen-bond acceptors (Lipinski definition) is 5. The molecule has 2 aromatic rings. The molecule has 0 aliphatic carbocycles. The van der Waals surface area contributed by atoms with Gasteiger partial charge in [-0.1, -0.05) is 0 Å². The lowest BCUT2D eigenvalue weighted by Gasteiger charge is -2.27. The summed E-state index contributed by atoms with van der Waals surface area (Å²) in [6, 6.07) is 2.31. The van der Waals surface area contributed by atoms with Crippen molar-refractivity contribution >= 4 is 5.91 Å². The summed E-state index contributed by atoms with van der Waals surface area (Å²) in [6.45, 7) is 2.92. The third-order valence-corrected chi connectivity index (χ3v) is 4.05. The van der Waals surface area contributed by atoms with Crippen LogP contribution in [0.15, 0.2) is 12.1 Å². The Hall–Kier alpha value is -2.70. The predicted octanol–water partition coefficient (Wildman–Crippen LogP) is 1.04. The maximum Gasteiger partial charge on any atom is 0.254 e. The quantitative estimate of drug-likeness (QED) is 0.684. The second kappa shape index (κ2) is 4.94. The average molecular weight is 303 g/mol. The summed E-state index contributed by atoms with van der Waals surface area (Å²) >= 11 is 0. The third kappa shape index (κ3) is 2.14. The average Bonchev–Trinajstić information content (AvgIpc) is 2.78. The van der Waals surface area contributed by atoms with Crippen molar-refractivity contribution in [2.24, 2.45) is 7.05 Å². The van der Waals surface area contributed by atoms with E-state index >= 15 is 0 Å². The number of phenolic OH excluding ortho intramolecular Hbond substituents is 3. The van der Waals surface area contributed by atoms with E-state index < -0.39 is 17.2 Å². The van der Waals surface area contributed by atoms with Crippen molar-refractivity contribution in [1.82, 2.24) is 14.7 Å². The highest BCUT2D eigenvalue weighted by atomic mass is 16.3. The summed E-state index contributed by atoms with van der Waals surface area (Å²) in [4.78, 5) is 14.2. The molecule has 0 saturated heterocycles. The zero-order valence-electron chi connectivity index (χ0n) is 12.4. The number of hydrogen-bond donors (Lipinski definition) is 3. The van der Waals surface area contributed by atoms with Gasteiger partial charge in [-0.25, -0.2) is 0 Å². The second-order valence-electron chi connectivity index (χ2n) is 5.47. The number of aryl methyl sites for hydroxylation is 2. The van der Waals surface area contributed by atoms with E-state index in [0.717, 1.165) is 29.9 Å². The Morgan fingerprint density at radius 3 is 2.50 bits per heavy atom. The summed E-state index contributed by atoms with van der Waals surface area (Å²) < 4.78 is 1.77. The molecule has 0 spiro atoms. The van der Waals surface area contributed by atoms with Crippen LogP contribution in [0.25, 0.3) is 0 Å². The van der Waals surface area contributed by atoms with Crippen molar-refractivity contribution < 1.29 is 20.1 Å². The molecule has 1 aromatic heterocycles. The van der Waals surface area contributed by atoms with Crippen molar-refractivity contribution in [3.05, 3.63) is 34.6 Å². The third-order valence-electron chi connectivity index (χ3n) is 4.05. The summed E-state index contributed by atoms with van der Waals surface area (Å²) in [7, 11) is 1.85. The first-order valence-electron chi connectivity index (χ1n) is 6.94. The maximum atomic E-state index is 12.5. The molecule has 7 nitrogen and oxygen atoms in total. The minimum Gasteiger partial charge on any atom is -0.504 e. The van der Waals surface area contributed by atoms with E-state index in [9.17, 15) is 20.1 Å². The van der Waals surface area contributed by atoms with E-state index in [-0.39, 0.29) is 11.5 Å². The molecular formula is C15H17N3O4. The molecule has 3 N–H and O–H groups in total. The lowest BCUT2D eigenvalue weighted by atomic mass is 10.0. The van der Waals surface area contributed by atoms with Crippen molar-refractivity contribution in [3.63, 3.8) is 0 Å². The number of phenols is 3. The molecule has 1 aromatic carbocycles. The van der Waals surface area contributed by atoms with Crippen LogP contribution in [0.3, 0.4) is 0 Å². The minimum atomic E-state index is -0.625.